The van der Waals surface area contributed by atoms with Gasteiger partial charge in [0.2, 0.25) is 0 Å². The monoisotopic (exact) mass is 249 g/mol. The number of carbonyl (C=O) groups is 1. The van der Waals surface area contributed by atoms with Crippen molar-refractivity contribution in [2.45, 2.75) is 32.6 Å². The van der Waals surface area contributed by atoms with Crippen molar-refractivity contribution in [1.29, 1.82) is 0 Å². The average Bonchev–Trinajstić information content (AvgIpc) is 3.07. The Balaban J connectivity index is 2.00. The van der Waals surface area contributed by atoms with Crippen molar-refractivity contribution in [3.05, 3.63) is 23.8 Å². The van der Waals surface area contributed by atoms with Gasteiger partial charge in [0.15, 0.2) is 0 Å². The largest absolute Gasteiger partial charge is 0.507 e. The van der Waals surface area contributed by atoms with Crippen molar-refractivity contribution in [3.8, 4) is 11.5 Å². The molecule has 18 heavy (non-hydrogen) atoms. The number of phenols is 2. The van der Waals surface area contributed by atoms with E-state index in [9.17, 15) is 15.0 Å². The minimum Gasteiger partial charge on any atom is -0.507 e. The first-order chi connectivity index (χ1) is 8.58. The molecule has 1 aliphatic rings. The molecule has 2 rings (SSSR count). The van der Waals surface area contributed by atoms with Gasteiger partial charge in [0.05, 0.1) is 0 Å². The molecular formula is C14H19NO3. The van der Waals surface area contributed by atoms with Gasteiger partial charge in [-0.25, -0.2) is 0 Å². The lowest BCUT2D eigenvalue weighted by atomic mass is 10.0. The molecule has 0 saturated heterocycles. The van der Waals surface area contributed by atoms with Crippen molar-refractivity contribution in [2.75, 3.05) is 6.54 Å². The van der Waals surface area contributed by atoms with Crippen molar-refractivity contribution < 1.29 is 15.0 Å². The summed E-state index contributed by atoms with van der Waals surface area (Å²) in [6.45, 7) is 2.75. The van der Waals surface area contributed by atoms with Crippen LogP contribution >= 0.6 is 0 Å². The number of hydrogen-bond donors (Lipinski definition) is 3. The Morgan fingerprint density at radius 2 is 1.94 bits per heavy atom. The third-order valence-corrected chi connectivity index (χ3v) is 3.61. The number of amides is 1. The quantitative estimate of drug-likeness (QED) is 0.750. The molecule has 1 fully saturated rings. The van der Waals surface area contributed by atoms with Crippen molar-refractivity contribution in [3.63, 3.8) is 0 Å². The Kier molecular flexibility index (Phi) is 3.45. The van der Waals surface area contributed by atoms with E-state index in [1.807, 2.05) is 0 Å². The zero-order valence-corrected chi connectivity index (χ0v) is 10.6. The molecule has 0 bridgehead atoms. The number of aromatic hydroxyl groups is 2. The lowest BCUT2D eigenvalue weighted by molar-refractivity contribution is 0.0938. The molecule has 4 heteroatoms. The van der Waals surface area contributed by atoms with Crippen molar-refractivity contribution in [2.24, 2.45) is 5.41 Å². The van der Waals surface area contributed by atoms with Gasteiger partial charge in [-0.05, 0) is 36.8 Å². The number of phenolic OH excluding ortho intramolecular Hbond substituents is 2. The second-order valence-corrected chi connectivity index (χ2v) is 5.10. The zero-order chi connectivity index (χ0) is 13.2. The molecule has 3 N–H and O–H groups in total. The van der Waals surface area contributed by atoms with Crippen LogP contribution in [0.2, 0.25) is 0 Å². The predicted octanol–water partition coefficient (Wildman–Crippen LogP) is 2.41. The number of rotatable bonds is 5. The van der Waals surface area contributed by atoms with Gasteiger partial charge in [-0.2, -0.15) is 0 Å². The highest BCUT2D eigenvalue weighted by molar-refractivity contribution is 5.99. The molecule has 0 heterocycles. The fourth-order valence-corrected chi connectivity index (χ4v) is 2.34. The summed E-state index contributed by atoms with van der Waals surface area (Å²) >= 11 is 0. The molecular weight excluding hydrogens is 230 g/mol. The molecule has 0 spiro atoms. The summed E-state index contributed by atoms with van der Waals surface area (Å²) in [4.78, 5) is 11.9. The van der Waals surface area contributed by atoms with Gasteiger partial charge in [0.25, 0.3) is 5.91 Å². The first kappa shape index (κ1) is 12.7. The van der Waals surface area contributed by atoms with Crippen LogP contribution in [0.3, 0.4) is 0 Å². The van der Waals surface area contributed by atoms with E-state index in [2.05, 4.69) is 12.2 Å². The normalized spacial score (nSPS) is 16.3. The van der Waals surface area contributed by atoms with Gasteiger partial charge < -0.3 is 15.5 Å². The average molecular weight is 249 g/mol. The summed E-state index contributed by atoms with van der Waals surface area (Å²) in [6.07, 6.45) is 4.51. The maximum atomic E-state index is 11.9. The van der Waals surface area contributed by atoms with Gasteiger partial charge >= 0.3 is 0 Å². The minimum absolute atomic E-state index is 0.0372. The highest BCUT2D eigenvalue weighted by Crippen LogP contribution is 2.49. The fourth-order valence-electron chi connectivity index (χ4n) is 2.34. The van der Waals surface area contributed by atoms with Crippen molar-refractivity contribution >= 4 is 5.91 Å². The molecule has 0 atom stereocenters. The molecule has 0 radical (unpaired) electrons. The molecule has 1 saturated carbocycles. The zero-order valence-electron chi connectivity index (χ0n) is 10.6. The summed E-state index contributed by atoms with van der Waals surface area (Å²) in [5.74, 6) is -0.784. The van der Waals surface area contributed by atoms with E-state index in [0.29, 0.717) is 6.54 Å². The lowest BCUT2D eigenvalue weighted by Crippen LogP contribution is -2.30. The fraction of sp³-hybridized carbons (Fsp3) is 0.500. The molecule has 4 nitrogen and oxygen atoms in total. The Morgan fingerprint density at radius 3 is 2.44 bits per heavy atom. The SMILES string of the molecule is CCCC1(CNC(=O)c2c(O)cccc2O)CC1. The van der Waals surface area contributed by atoms with Crippen LogP contribution in [0.5, 0.6) is 11.5 Å². The summed E-state index contributed by atoms with van der Waals surface area (Å²) in [5, 5.41) is 22.0. The topological polar surface area (TPSA) is 69.6 Å². The lowest BCUT2D eigenvalue weighted by Gasteiger charge is -2.15. The molecule has 1 amide bonds. The summed E-state index contributed by atoms with van der Waals surface area (Å²) in [6, 6.07) is 4.29. The molecule has 0 aliphatic heterocycles. The first-order valence-corrected chi connectivity index (χ1v) is 6.37. The molecule has 98 valence electrons. The van der Waals surface area contributed by atoms with Crippen LogP contribution < -0.4 is 5.32 Å². The standard InChI is InChI=1S/C14H19NO3/c1-2-6-14(7-8-14)9-15-13(18)12-10(16)4-3-5-11(12)17/h3-5,16-17H,2,6-9H2,1H3,(H,15,18). The summed E-state index contributed by atoms with van der Waals surface area (Å²) in [5.41, 5.74) is 0.217. The Hall–Kier alpha value is -1.71. The van der Waals surface area contributed by atoms with Crippen LogP contribution in [0.4, 0.5) is 0 Å². The van der Waals surface area contributed by atoms with E-state index >= 15 is 0 Å². The maximum absolute atomic E-state index is 11.9. The Morgan fingerprint density at radius 1 is 1.33 bits per heavy atom. The van der Waals surface area contributed by atoms with Gasteiger partial charge in [0.1, 0.15) is 17.1 Å². The van der Waals surface area contributed by atoms with Crippen LogP contribution in [0.15, 0.2) is 18.2 Å². The minimum atomic E-state index is -0.409. The molecule has 1 aromatic carbocycles. The second-order valence-electron chi connectivity index (χ2n) is 5.10. The highest BCUT2D eigenvalue weighted by atomic mass is 16.3. The highest BCUT2D eigenvalue weighted by Gasteiger charge is 2.41. The maximum Gasteiger partial charge on any atom is 0.258 e. The summed E-state index contributed by atoms with van der Waals surface area (Å²) in [7, 11) is 0. The summed E-state index contributed by atoms with van der Waals surface area (Å²) < 4.78 is 0. The van der Waals surface area contributed by atoms with Crippen LogP contribution in [-0.4, -0.2) is 22.7 Å². The Bertz CT molecular complexity index is 432. The smallest absolute Gasteiger partial charge is 0.258 e. The van der Waals surface area contributed by atoms with Crippen LogP contribution in [-0.2, 0) is 0 Å². The number of carbonyl (C=O) groups excluding carboxylic acids is 1. The van der Waals surface area contributed by atoms with Gasteiger partial charge in [0, 0.05) is 6.54 Å². The number of benzene rings is 1. The third kappa shape index (κ3) is 2.58. The Labute approximate surface area is 107 Å². The molecule has 0 aromatic heterocycles. The van der Waals surface area contributed by atoms with E-state index < -0.39 is 5.91 Å². The van der Waals surface area contributed by atoms with Gasteiger partial charge in [-0.1, -0.05) is 19.4 Å². The van der Waals surface area contributed by atoms with E-state index in [1.165, 1.54) is 18.2 Å². The third-order valence-electron chi connectivity index (χ3n) is 3.61. The molecule has 0 unspecified atom stereocenters. The predicted molar refractivity (Wildman–Crippen MR) is 68.7 cm³/mol. The molecule has 1 aromatic rings. The van der Waals surface area contributed by atoms with Crippen molar-refractivity contribution in [1.82, 2.24) is 5.32 Å². The van der Waals surface area contributed by atoms with Gasteiger partial charge in [-0.15, -0.1) is 0 Å². The second kappa shape index (κ2) is 4.88. The molecule has 1 aliphatic carbocycles. The van der Waals surface area contributed by atoms with Crippen LogP contribution in [0, 0.1) is 5.41 Å². The van der Waals surface area contributed by atoms with E-state index in [0.717, 1.165) is 25.7 Å². The number of hydrogen-bond acceptors (Lipinski definition) is 3. The van der Waals surface area contributed by atoms with E-state index in [4.69, 9.17) is 0 Å². The van der Waals surface area contributed by atoms with E-state index in [-0.39, 0.29) is 22.5 Å². The van der Waals surface area contributed by atoms with Gasteiger partial charge in [-0.3, -0.25) is 4.79 Å². The van der Waals surface area contributed by atoms with Crippen LogP contribution in [0.25, 0.3) is 0 Å². The van der Waals surface area contributed by atoms with E-state index in [1.54, 1.807) is 0 Å². The number of nitrogens with one attached hydrogen (secondary N) is 1. The first-order valence-electron chi connectivity index (χ1n) is 6.37. The van der Waals surface area contributed by atoms with Crippen LogP contribution in [0.1, 0.15) is 43.0 Å².